The Balaban J connectivity index is 1.68. The van der Waals surface area contributed by atoms with Crippen LogP contribution in [0.25, 0.3) is 11.2 Å². The molecule has 3 aromatic rings. The first-order valence-corrected chi connectivity index (χ1v) is 11.4. The first kappa shape index (κ1) is 24.5. The SMILES string of the molecule is CN(Cc1cnc2nc(N)nc(N)c2n1)c1ccc(C(=O)NC(CCS(=O)(=O)O)C(=O)O)cc1. The molecule has 0 saturated heterocycles. The van der Waals surface area contributed by atoms with Crippen molar-refractivity contribution in [3.63, 3.8) is 0 Å². The molecule has 180 valence electrons. The molecule has 1 aromatic carbocycles. The lowest BCUT2D eigenvalue weighted by Gasteiger charge is -2.19. The monoisotopic (exact) mass is 490 g/mol. The third kappa shape index (κ3) is 6.23. The summed E-state index contributed by atoms with van der Waals surface area (Å²) in [5.41, 5.74) is 13.5. The number of carbonyl (C=O) groups excluding carboxylic acids is 1. The fourth-order valence-corrected chi connectivity index (χ4v) is 3.56. The van der Waals surface area contributed by atoms with Crippen LogP contribution in [0.15, 0.2) is 30.5 Å². The van der Waals surface area contributed by atoms with Gasteiger partial charge in [0.05, 0.1) is 24.2 Å². The normalized spacial score (nSPS) is 12.3. The van der Waals surface area contributed by atoms with Crippen LogP contribution < -0.4 is 21.7 Å². The number of rotatable bonds is 9. The van der Waals surface area contributed by atoms with Crippen molar-refractivity contribution in [3.05, 3.63) is 41.7 Å². The van der Waals surface area contributed by atoms with E-state index in [2.05, 4.69) is 25.3 Å². The number of amides is 1. The van der Waals surface area contributed by atoms with Gasteiger partial charge >= 0.3 is 5.97 Å². The summed E-state index contributed by atoms with van der Waals surface area (Å²) >= 11 is 0. The second-order valence-electron chi connectivity index (χ2n) is 7.34. The first-order chi connectivity index (χ1) is 15.9. The van der Waals surface area contributed by atoms with Crippen molar-refractivity contribution in [2.75, 3.05) is 29.2 Å². The summed E-state index contributed by atoms with van der Waals surface area (Å²) in [4.78, 5) is 42.0. The topological polar surface area (TPSA) is 228 Å². The van der Waals surface area contributed by atoms with E-state index in [9.17, 15) is 23.1 Å². The zero-order valence-electron chi connectivity index (χ0n) is 17.9. The molecule has 0 radical (unpaired) electrons. The Bertz CT molecular complexity index is 1330. The molecule has 0 spiro atoms. The van der Waals surface area contributed by atoms with Gasteiger partial charge in [0.25, 0.3) is 16.0 Å². The third-order valence-electron chi connectivity index (χ3n) is 4.74. The highest BCUT2D eigenvalue weighted by molar-refractivity contribution is 7.85. The number of benzene rings is 1. The Morgan fingerprint density at radius 2 is 1.82 bits per heavy atom. The maximum absolute atomic E-state index is 12.4. The Kier molecular flexibility index (Phi) is 7.07. The molecule has 34 heavy (non-hydrogen) atoms. The molecule has 0 fully saturated rings. The van der Waals surface area contributed by atoms with E-state index in [-0.39, 0.29) is 23.0 Å². The summed E-state index contributed by atoms with van der Waals surface area (Å²) in [5.74, 6) is -2.80. The van der Waals surface area contributed by atoms with Crippen molar-refractivity contribution in [2.24, 2.45) is 0 Å². The van der Waals surface area contributed by atoms with Gasteiger partial charge in [0.1, 0.15) is 6.04 Å². The van der Waals surface area contributed by atoms with Crippen molar-refractivity contribution in [3.8, 4) is 0 Å². The summed E-state index contributed by atoms with van der Waals surface area (Å²) in [7, 11) is -2.57. The molecular formula is C19H22N8O6S. The lowest BCUT2D eigenvalue weighted by molar-refractivity contribution is -0.139. The van der Waals surface area contributed by atoms with Crippen LogP contribution in [0.4, 0.5) is 17.5 Å². The number of anilines is 3. The van der Waals surface area contributed by atoms with E-state index >= 15 is 0 Å². The van der Waals surface area contributed by atoms with Gasteiger partial charge in [-0.2, -0.15) is 18.4 Å². The molecule has 7 N–H and O–H groups in total. The molecule has 0 bridgehead atoms. The van der Waals surface area contributed by atoms with Gasteiger partial charge in [0.2, 0.25) is 5.95 Å². The van der Waals surface area contributed by atoms with Crippen molar-refractivity contribution in [1.82, 2.24) is 25.3 Å². The fraction of sp³-hybridized carbons (Fsp3) is 0.263. The van der Waals surface area contributed by atoms with Crippen LogP contribution in [0.3, 0.4) is 0 Å². The van der Waals surface area contributed by atoms with E-state index in [4.69, 9.17) is 16.0 Å². The largest absolute Gasteiger partial charge is 0.480 e. The lowest BCUT2D eigenvalue weighted by atomic mass is 10.1. The summed E-state index contributed by atoms with van der Waals surface area (Å²) in [6, 6.07) is 4.80. The fourth-order valence-electron chi connectivity index (χ4n) is 3.03. The van der Waals surface area contributed by atoms with Crippen LogP contribution >= 0.6 is 0 Å². The third-order valence-corrected chi connectivity index (χ3v) is 5.49. The Hall–Kier alpha value is -4.11. The molecule has 0 aliphatic heterocycles. The predicted octanol–water partition coefficient (Wildman–Crippen LogP) is -0.318. The average Bonchev–Trinajstić information content (AvgIpc) is 2.76. The number of nitrogens with zero attached hydrogens (tertiary/aromatic N) is 5. The van der Waals surface area contributed by atoms with Crippen molar-refractivity contribution >= 4 is 50.6 Å². The van der Waals surface area contributed by atoms with Crippen molar-refractivity contribution < 1.29 is 27.7 Å². The van der Waals surface area contributed by atoms with Gasteiger partial charge in [-0.05, 0) is 30.7 Å². The summed E-state index contributed by atoms with van der Waals surface area (Å²) in [5, 5.41) is 11.4. The van der Waals surface area contributed by atoms with Crippen LogP contribution in [0, 0.1) is 0 Å². The van der Waals surface area contributed by atoms with Gasteiger partial charge in [0.15, 0.2) is 17.0 Å². The Morgan fingerprint density at radius 1 is 1.15 bits per heavy atom. The number of nitrogen functional groups attached to an aromatic ring is 2. The summed E-state index contributed by atoms with van der Waals surface area (Å²) in [6.45, 7) is 0.342. The number of hydrogen-bond donors (Lipinski definition) is 5. The van der Waals surface area contributed by atoms with Crippen molar-refractivity contribution in [2.45, 2.75) is 19.0 Å². The lowest BCUT2D eigenvalue weighted by Crippen LogP contribution is -2.41. The summed E-state index contributed by atoms with van der Waals surface area (Å²) < 4.78 is 30.5. The molecule has 0 aliphatic rings. The minimum absolute atomic E-state index is 0.00130. The molecule has 3 rings (SSSR count). The van der Waals surface area contributed by atoms with Gasteiger partial charge in [-0.1, -0.05) is 0 Å². The number of carboxylic acids is 1. The molecule has 0 saturated carbocycles. The van der Waals surface area contributed by atoms with E-state index in [0.717, 1.165) is 5.69 Å². The Morgan fingerprint density at radius 3 is 2.44 bits per heavy atom. The number of hydrogen-bond acceptors (Lipinski definition) is 11. The van der Waals surface area contributed by atoms with Crippen LogP contribution in [-0.4, -0.2) is 68.7 Å². The highest BCUT2D eigenvalue weighted by Crippen LogP contribution is 2.19. The first-order valence-electron chi connectivity index (χ1n) is 9.77. The predicted molar refractivity (Wildman–Crippen MR) is 122 cm³/mol. The van der Waals surface area contributed by atoms with E-state index < -0.39 is 40.2 Å². The van der Waals surface area contributed by atoms with Gasteiger partial charge < -0.3 is 26.8 Å². The molecule has 2 heterocycles. The highest BCUT2D eigenvalue weighted by Gasteiger charge is 2.23. The number of fused-ring (bicyclic) bond motifs is 1. The van der Waals surface area contributed by atoms with Crippen LogP contribution in [-0.2, 0) is 21.5 Å². The molecule has 0 aliphatic carbocycles. The second-order valence-corrected chi connectivity index (χ2v) is 8.91. The quantitative estimate of drug-likeness (QED) is 0.242. The zero-order chi connectivity index (χ0) is 25.0. The minimum atomic E-state index is -4.36. The van der Waals surface area contributed by atoms with Crippen LogP contribution in [0.5, 0.6) is 0 Å². The molecule has 1 atom stereocenters. The van der Waals surface area contributed by atoms with E-state index in [1.165, 1.54) is 18.3 Å². The number of nitrogens with two attached hydrogens (primary N) is 2. The molecule has 14 nitrogen and oxygen atoms in total. The molecular weight excluding hydrogens is 468 g/mol. The molecule has 1 amide bonds. The second kappa shape index (κ2) is 9.80. The van der Waals surface area contributed by atoms with Crippen molar-refractivity contribution in [1.29, 1.82) is 0 Å². The van der Waals surface area contributed by atoms with E-state index in [1.807, 2.05) is 4.90 Å². The minimum Gasteiger partial charge on any atom is -0.480 e. The standard InChI is InChI=1S/C19H22N8O6S/c1-27(9-11-8-22-16-14(23-11)15(20)25-19(21)26-16)12-4-2-10(3-5-12)17(28)24-13(18(29)30)6-7-34(31,32)33/h2-5,8,13H,6-7,9H2,1H3,(H,24,28)(H,29,30)(H,31,32,33)(H4,20,21,22,25,26). The number of carbonyl (C=O) groups is 2. The molecule has 2 aromatic heterocycles. The van der Waals surface area contributed by atoms with Gasteiger partial charge in [-0.15, -0.1) is 0 Å². The maximum Gasteiger partial charge on any atom is 0.326 e. The van der Waals surface area contributed by atoms with Gasteiger partial charge in [-0.25, -0.2) is 14.8 Å². The maximum atomic E-state index is 12.4. The molecule has 15 heteroatoms. The van der Waals surface area contributed by atoms with Gasteiger partial charge in [0, 0.05) is 18.3 Å². The molecule has 1 unspecified atom stereocenters. The Labute approximate surface area is 193 Å². The number of aromatic nitrogens is 4. The number of carboxylic acid groups (broad SMARTS) is 1. The van der Waals surface area contributed by atoms with E-state index in [0.29, 0.717) is 17.8 Å². The average molecular weight is 491 g/mol. The smallest absolute Gasteiger partial charge is 0.326 e. The van der Waals surface area contributed by atoms with Gasteiger partial charge in [-0.3, -0.25) is 9.35 Å². The van der Waals surface area contributed by atoms with Crippen LogP contribution in [0.2, 0.25) is 0 Å². The number of nitrogens with one attached hydrogen (secondary N) is 1. The summed E-state index contributed by atoms with van der Waals surface area (Å²) in [6.07, 6.45) is 1.06. The van der Waals surface area contributed by atoms with Crippen LogP contribution in [0.1, 0.15) is 22.5 Å². The zero-order valence-corrected chi connectivity index (χ0v) is 18.7. The van der Waals surface area contributed by atoms with E-state index in [1.54, 1.807) is 19.2 Å². The number of aliphatic carboxylic acids is 1. The highest BCUT2D eigenvalue weighted by atomic mass is 32.2.